The third-order valence-electron chi connectivity index (χ3n) is 6.34. The van der Waals surface area contributed by atoms with Gasteiger partial charge in [-0.05, 0) is 71.6 Å². The zero-order valence-electron chi connectivity index (χ0n) is 22.5. The van der Waals surface area contributed by atoms with Crippen molar-refractivity contribution < 1.29 is 14.7 Å². The Hall–Kier alpha value is -3.14. The monoisotopic (exact) mass is 521 g/mol. The van der Waals surface area contributed by atoms with Gasteiger partial charge in [0, 0.05) is 22.5 Å². The van der Waals surface area contributed by atoms with E-state index in [0.717, 1.165) is 50.8 Å². The van der Waals surface area contributed by atoms with Gasteiger partial charge in [0.15, 0.2) is 5.82 Å². The van der Waals surface area contributed by atoms with Gasteiger partial charge < -0.3 is 9.94 Å². The first-order chi connectivity index (χ1) is 17.5. The van der Waals surface area contributed by atoms with Crippen LogP contribution in [-0.4, -0.2) is 43.8 Å². The average Bonchev–Trinajstić information content (AvgIpc) is 3.30. The molecule has 0 spiro atoms. The van der Waals surface area contributed by atoms with Gasteiger partial charge in [0.1, 0.15) is 22.5 Å². The minimum Gasteiger partial charge on any atom is -0.460 e. The molecule has 0 amide bonds. The second-order valence-corrected chi connectivity index (χ2v) is 11.6. The van der Waals surface area contributed by atoms with Crippen LogP contribution >= 0.6 is 11.3 Å². The number of carbonyl (C=O) groups is 1. The van der Waals surface area contributed by atoms with Gasteiger partial charge in [-0.3, -0.25) is 14.4 Å². The molecular formula is C28H35N5O3S. The highest BCUT2D eigenvalue weighted by atomic mass is 32.1. The maximum Gasteiger partial charge on any atom is 0.308 e. The van der Waals surface area contributed by atoms with Crippen LogP contribution < -0.4 is 5.48 Å². The van der Waals surface area contributed by atoms with Crippen LogP contribution in [0, 0.1) is 20.8 Å². The van der Waals surface area contributed by atoms with E-state index in [1.165, 1.54) is 4.88 Å². The molecule has 3 heterocycles. The van der Waals surface area contributed by atoms with Gasteiger partial charge in [0.25, 0.3) is 0 Å². The number of nitrogens with zero attached hydrogens (tertiary/aromatic N) is 4. The highest BCUT2D eigenvalue weighted by Gasteiger charge is 2.33. The number of rotatable bonds is 7. The lowest BCUT2D eigenvalue weighted by atomic mass is 9.97. The molecule has 1 atom stereocenters. The maximum absolute atomic E-state index is 12.9. The second kappa shape index (κ2) is 10.7. The molecule has 2 aromatic heterocycles. The van der Waals surface area contributed by atoms with E-state index in [-0.39, 0.29) is 12.4 Å². The van der Waals surface area contributed by atoms with E-state index >= 15 is 0 Å². The largest absolute Gasteiger partial charge is 0.460 e. The number of hydrogen-bond donors (Lipinski definition) is 2. The van der Waals surface area contributed by atoms with Gasteiger partial charge in [-0.1, -0.05) is 30.3 Å². The summed E-state index contributed by atoms with van der Waals surface area (Å²) in [4.78, 5) is 19.3. The van der Waals surface area contributed by atoms with Crippen molar-refractivity contribution in [3.8, 4) is 5.00 Å². The minimum atomic E-state index is -0.585. The zero-order chi connectivity index (χ0) is 26.9. The summed E-state index contributed by atoms with van der Waals surface area (Å²) in [7, 11) is 0. The van der Waals surface area contributed by atoms with Gasteiger partial charge >= 0.3 is 5.97 Å². The summed E-state index contributed by atoms with van der Waals surface area (Å²) < 4.78 is 7.68. The predicted molar refractivity (Wildman–Crippen MR) is 147 cm³/mol. The molecule has 9 heteroatoms. The van der Waals surface area contributed by atoms with Gasteiger partial charge in [0.05, 0.1) is 12.1 Å². The number of aryl methyl sites for hydroxylation is 2. The number of benzene rings is 1. The predicted octanol–water partition coefficient (Wildman–Crippen LogP) is 5.65. The molecular weight excluding hydrogens is 486 g/mol. The highest BCUT2D eigenvalue weighted by molar-refractivity contribution is 7.15. The maximum atomic E-state index is 12.9. The Morgan fingerprint density at radius 1 is 1.19 bits per heavy atom. The fourth-order valence-corrected chi connectivity index (χ4v) is 5.64. The molecule has 0 saturated heterocycles. The average molecular weight is 522 g/mol. The fraction of sp³-hybridized carbons (Fsp3) is 0.429. The van der Waals surface area contributed by atoms with Crippen LogP contribution in [0.3, 0.4) is 0 Å². The molecule has 37 heavy (non-hydrogen) atoms. The SMILES string of the molecule is C/C(=C\CCNO)c1ccc(C2=N[C@H](CC(=O)OC(C)(C)C)c3nnc(C)n3-c3sc(C)c(C)c32)cc1. The molecule has 3 aromatic rings. The van der Waals surface area contributed by atoms with Crippen molar-refractivity contribution >= 4 is 28.6 Å². The summed E-state index contributed by atoms with van der Waals surface area (Å²) in [5.74, 6) is 1.09. The van der Waals surface area contributed by atoms with Crippen LogP contribution in [0.25, 0.3) is 10.6 Å². The third kappa shape index (κ3) is 5.74. The van der Waals surface area contributed by atoms with Crippen molar-refractivity contribution in [2.45, 2.75) is 73.0 Å². The Labute approximate surface area is 222 Å². The van der Waals surface area contributed by atoms with Crippen LogP contribution in [0.1, 0.15) is 85.4 Å². The molecule has 1 aliphatic rings. The van der Waals surface area contributed by atoms with Crippen molar-refractivity contribution in [2.75, 3.05) is 6.54 Å². The Morgan fingerprint density at radius 2 is 1.89 bits per heavy atom. The number of aromatic nitrogens is 3. The van der Waals surface area contributed by atoms with E-state index in [9.17, 15) is 4.79 Å². The zero-order valence-corrected chi connectivity index (χ0v) is 23.4. The van der Waals surface area contributed by atoms with Gasteiger partial charge in [0.2, 0.25) is 0 Å². The lowest BCUT2D eigenvalue weighted by Gasteiger charge is -2.21. The van der Waals surface area contributed by atoms with Gasteiger partial charge in [-0.2, -0.15) is 0 Å². The van der Waals surface area contributed by atoms with E-state index in [0.29, 0.717) is 12.4 Å². The van der Waals surface area contributed by atoms with Crippen LogP contribution in [-0.2, 0) is 9.53 Å². The van der Waals surface area contributed by atoms with Gasteiger partial charge in [-0.15, -0.1) is 21.5 Å². The van der Waals surface area contributed by atoms with Crippen LogP contribution in [0.4, 0.5) is 0 Å². The highest BCUT2D eigenvalue weighted by Crippen LogP contribution is 2.39. The summed E-state index contributed by atoms with van der Waals surface area (Å²) in [5.41, 5.74) is 7.86. The Balaban J connectivity index is 1.81. The molecule has 0 fully saturated rings. The number of allylic oxidation sites excluding steroid dienone is 1. The molecule has 0 bridgehead atoms. The Kier molecular flexibility index (Phi) is 7.77. The van der Waals surface area contributed by atoms with Crippen LogP contribution in [0.15, 0.2) is 35.3 Å². The van der Waals surface area contributed by atoms with E-state index in [2.05, 4.69) is 66.8 Å². The second-order valence-electron chi connectivity index (χ2n) is 10.3. The Bertz CT molecular complexity index is 1360. The molecule has 1 aromatic carbocycles. The van der Waals surface area contributed by atoms with E-state index in [1.807, 2.05) is 32.3 Å². The number of hydroxylamine groups is 1. The van der Waals surface area contributed by atoms with E-state index in [1.54, 1.807) is 11.3 Å². The van der Waals surface area contributed by atoms with Crippen molar-refractivity contribution in [1.29, 1.82) is 0 Å². The molecule has 1 aliphatic heterocycles. The van der Waals surface area contributed by atoms with E-state index in [4.69, 9.17) is 14.9 Å². The van der Waals surface area contributed by atoms with E-state index < -0.39 is 11.6 Å². The summed E-state index contributed by atoms with van der Waals surface area (Å²) in [6, 6.07) is 7.80. The fourth-order valence-electron chi connectivity index (χ4n) is 4.43. The molecule has 0 saturated carbocycles. The number of esters is 1. The first-order valence-corrected chi connectivity index (χ1v) is 13.3. The number of nitrogens with one attached hydrogen (secondary N) is 1. The van der Waals surface area contributed by atoms with Crippen LogP contribution in [0.2, 0.25) is 0 Å². The number of carbonyl (C=O) groups excluding carboxylic acids is 1. The summed E-state index contributed by atoms with van der Waals surface area (Å²) in [6.07, 6.45) is 2.90. The molecule has 2 N–H and O–H groups in total. The van der Waals surface area contributed by atoms with Crippen molar-refractivity contribution in [3.63, 3.8) is 0 Å². The van der Waals surface area contributed by atoms with Crippen molar-refractivity contribution in [2.24, 2.45) is 4.99 Å². The first kappa shape index (κ1) is 26.9. The number of fused-ring (bicyclic) bond motifs is 3. The standard InChI is InChI=1S/C28H35N5O3S/c1-16(9-8-14-29-35)20-10-12-21(13-11-20)25-24-17(2)18(3)37-27(24)33-19(4)31-32-26(33)22(30-25)15-23(34)36-28(5,6)7/h9-13,22,29,35H,8,14-15H2,1-7H3/b16-9+/t22-/m1/s1. The Morgan fingerprint density at radius 3 is 2.54 bits per heavy atom. The molecule has 8 nitrogen and oxygen atoms in total. The van der Waals surface area contributed by atoms with Crippen LogP contribution in [0.5, 0.6) is 0 Å². The number of aliphatic imine (C=N–C) groups is 1. The minimum absolute atomic E-state index is 0.0741. The third-order valence-corrected chi connectivity index (χ3v) is 7.53. The molecule has 0 aliphatic carbocycles. The number of hydrogen-bond acceptors (Lipinski definition) is 8. The molecule has 196 valence electrons. The lowest BCUT2D eigenvalue weighted by Crippen LogP contribution is -2.25. The normalized spacial score (nSPS) is 15.6. The summed E-state index contributed by atoms with van der Waals surface area (Å²) in [6.45, 7) is 14.3. The summed E-state index contributed by atoms with van der Waals surface area (Å²) in [5, 5.41) is 18.6. The first-order valence-electron chi connectivity index (χ1n) is 12.5. The molecule has 0 unspecified atom stereocenters. The summed E-state index contributed by atoms with van der Waals surface area (Å²) >= 11 is 1.69. The number of thiophene rings is 1. The van der Waals surface area contributed by atoms with Gasteiger partial charge in [-0.25, -0.2) is 5.48 Å². The molecule has 0 radical (unpaired) electrons. The number of ether oxygens (including phenoxy) is 1. The van der Waals surface area contributed by atoms with Crippen molar-refractivity contribution in [1.82, 2.24) is 20.2 Å². The molecule has 4 rings (SSSR count). The van der Waals surface area contributed by atoms with Crippen molar-refractivity contribution in [3.05, 3.63) is 69.1 Å². The topological polar surface area (TPSA) is 102 Å². The smallest absolute Gasteiger partial charge is 0.308 e. The quantitative estimate of drug-likeness (QED) is 0.237. The lowest BCUT2D eigenvalue weighted by molar-refractivity contribution is -0.155.